The van der Waals surface area contributed by atoms with Crippen molar-refractivity contribution in [3.05, 3.63) is 48.2 Å². The number of nitrogens with zero attached hydrogens (tertiary/aromatic N) is 1. The van der Waals surface area contributed by atoms with Gasteiger partial charge >= 0.3 is 0 Å². The summed E-state index contributed by atoms with van der Waals surface area (Å²) in [5, 5.41) is 0. The topological polar surface area (TPSA) is 54.5 Å². The first kappa shape index (κ1) is 16.8. The molecule has 0 aliphatic carbocycles. The second kappa shape index (κ2) is 7.53. The van der Waals surface area contributed by atoms with Gasteiger partial charge in [0.15, 0.2) is 0 Å². The molecule has 0 radical (unpaired) electrons. The minimum atomic E-state index is -0.329. The number of allylic oxidation sites excluding steroid dienone is 5. The molecule has 0 aromatic rings. The molecular formula is C17H21NO3. The molecule has 0 fully saturated rings. The average molecular weight is 287 g/mol. The van der Waals surface area contributed by atoms with Gasteiger partial charge in [0.05, 0.1) is 0 Å². The summed E-state index contributed by atoms with van der Waals surface area (Å²) in [6, 6.07) is 0. The molecule has 4 nitrogen and oxygen atoms in total. The molecule has 0 N–H and O–H groups in total. The second-order valence-electron chi connectivity index (χ2n) is 5.27. The fraction of sp³-hybridized carbons (Fsp3) is 0.353. The summed E-state index contributed by atoms with van der Waals surface area (Å²) in [5.41, 5.74) is 1.53. The van der Waals surface area contributed by atoms with Crippen LogP contribution in [0, 0.1) is 11.8 Å². The van der Waals surface area contributed by atoms with E-state index in [0.29, 0.717) is 5.70 Å². The average Bonchev–Trinajstić information content (AvgIpc) is 2.78. The predicted octanol–water partition coefficient (Wildman–Crippen LogP) is 2.79. The van der Waals surface area contributed by atoms with Crippen LogP contribution in [-0.4, -0.2) is 23.0 Å². The highest BCUT2D eigenvalue weighted by atomic mass is 16.2. The van der Waals surface area contributed by atoms with Crippen LogP contribution in [0.4, 0.5) is 0 Å². The SMILES string of the molecule is C=C/C(=C\C=C(/C)N1C(=O)C=CC1=O)C(C)CC(C)C=O. The zero-order valence-corrected chi connectivity index (χ0v) is 12.7. The highest BCUT2D eigenvalue weighted by molar-refractivity contribution is 6.14. The Labute approximate surface area is 125 Å². The van der Waals surface area contributed by atoms with Crippen molar-refractivity contribution in [2.45, 2.75) is 27.2 Å². The third-order valence-corrected chi connectivity index (χ3v) is 3.44. The van der Waals surface area contributed by atoms with Crippen molar-refractivity contribution in [2.24, 2.45) is 11.8 Å². The standard InChI is InChI=1S/C17H21NO3/c1-5-15(13(3)10-12(2)11-19)7-6-14(4)18-16(20)8-9-17(18)21/h5-9,11-13H,1,10H2,2-4H3/b14-6+,15-7+. The van der Waals surface area contributed by atoms with Gasteiger partial charge in [-0.2, -0.15) is 0 Å². The molecule has 112 valence electrons. The maximum atomic E-state index is 11.6. The number of hydrogen-bond donors (Lipinski definition) is 0. The molecule has 1 aliphatic heterocycles. The first-order valence-electron chi connectivity index (χ1n) is 6.93. The van der Waals surface area contributed by atoms with E-state index >= 15 is 0 Å². The van der Waals surface area contributed by atoms with Crippen LogP contribution >= 0.6 is 0 Å². The largest absolute Gasteiger partial charge is 0.303 e. The van der Waals surface area contributed by atoms with Gasteiger partial charge in [-0.1, -0.05) is 32.6 Å². The van der Waals surface area contributed by atoms with Crippen molar-refractivity contribution < 1.29 is 14.4 Å². The van der Waals surface area contributed by atoms with Crippen LogP contribution in [0.3, 0.4) is 0 Å². The van der Waals surface area contributed by atoms with E-state index in [1.54, 1.807) is 19.1 Å². The normalized spacial score (nSPS) is 18.9. The highest BCUT2D eigenvalue weighted by Crippen LogP contribution is 2.21. The summed E-state index contributed by atoms with van der Waals surface area (Å²) in [6.07, 6.45) is 9.48. The van der Waals surface area contributed by atoms with Crippen molar-refractivity contribution in [1.82, 2.24) is 4.90 Å². The Morgan fingerprint density at radius 1 is 1.24 bits per heavy atom. The van der Waals surface area contributed by atoms with Gasteiger partial charge in [-0.3, -0.25) is 9.59 Å². The second-order valence-corrected chi connectivity index (χ2v) is 5.27. The molecule has 0 bridgehead atoms. The highest BCUT2D eigenvalue weighted by Gasteiger charge is 2.24. The molecule has 1 rings (SSSR count). The lowest BCUT2D eigenvalue weighted by Crippen LogP contribution is -2.27. The number of rotatable bonds is 7. The van der Waals surface area contributed by atoms with E-state index in [-0.39, 0.29) is 23.7 Å². The van der Waals surface area contributed by atoms with E-state index in [9.17, 15) is 14.4 Å². The molecule has 0 saturated heterocycles. The lowest BCUT2D eigenvalue weighted by molar-refractivity contribution is -0.134. The van der Waals surface area contributed by atoms with E-state index in [1.807, 2.05) is 19.9 Å². The Balaban J connectivity index is 2.86. The Bertz CT molecular complexity index is 522. The van der Waals surface area contributed by atoms with E-state index in [2.05, 4.69) is 6.58 Å². The lowest BCUT2D eigenvalue weighted by atomic mass is 9.91. The molecule has 2 atom stereocenters. The number of amides is 2. The zero-order valence-electron chi connectivity index (χ0n) is 12.7. The monoisotopic (exact) mass is 287 g/mol. The molecule has 1 aliphatic rings. The number of carbonyl (C=O) groups excluding carboxylic acids is 3. The van der Waals surface area contributed by atoms with Gasteiger partial charge in [0.1, 0.15) is 6.29 Å². The van der Waals surface area contributed by atoms with Gasteiger partial charge in [0.2, 0.25) is 0 Å². The summed E-state index contributed by atoms with van der Waals surface area (Å²) in [4.78, 5) is 35.0. The fourth-order valence-corrected chi connectivity index (χ4v) is 2.22. The molecule has 0 aromatic carbocycles. The summed E-state index contributed by atoms with van der Waals surface area (Å²) >= 11 is 0. The zero-order chi connectivity index (χ0) is 16.0. The molecule has 2 unspecified atom stereocenters. The molecule has 4 heteroatoms. The number of aldehydes is 1. The van der Waals surface area contributed by atoms with E-state index in [1.165, 1.54) is 12.2 Å². The number of hydrogen-bond acceptors (Lipinski definition) is 3. The van der Waals surface area contributed by atoms with Crippen molar-refractivity contribution in [1.29, 1.82) is 0 Å². The van der Waals surface area contributed by atoms with E-state index < -0.39 is 0 Å². The first-order valence-corrected chi connectivity index (χ1v) is 6.93. The summed E-state index contributed by atoms with van der Waals surface area (Å²) < 4.78 is 0. The van der Waals surface area contributed by atoms with Gasteiger partial charge in [-0.25, -0.2) is 4.90 Å². The Morgan fingerprint density at radius 3 is 2.29 bits per heavy atom. The molecule has 0 aromatic heterocycles. The smallest absolute Gasteiger partial charge is 0.257 e. The van der Waals surface area contributed by atoms with Crippen LogP contribution in [0.5, 0.6) is 0 Å². The quantitative estimate of drug-likeness (QED) is 0.411. The predicted molar refractivity (Wildman–Crippen MR) is 82.0 cm³/mol. The third-order valence-electron chi connectivity index (χ3n) is 3.44. The number of imide groups is 1. The fourth-order valence-electron chi connectivity index (χ4n) is 2.22. The third kappa shape index (κ3) is 4.38. The first-order chi connectivity index (χ1) is 9.90. The van der Waals surface area contributed by atoms with Crippen molar-refractivity contribution >= 4 is 18.1 Å². The van der Waals surface area contributed by atoms with Gasteiger partial charge < -0.3 is 4.79 Å². The number of carbonyl (C=O) groups is 3. The maximum Gasteiger partial charge on any atom is 0.257 e. The van der Waals surface area contributed by atoms with Crippen LogP contribution in [0.15, 0.2) is 48.2 Å². The van der Waals surface area contributed by atoms with Crippen LogP contribution in [0.1, 0.15) is 27.2 Å². The summed E-state index contributed by atoms with van der Waals surface area (Å²) in [6.45, 7) is 9.37. The van der Waals surface area contributed by atoms with Crippen LogP contribution in [-0.2, 0) is 14.4 Å². The van der Waals surface area contributed by atoms with Crippen LogP contribution < -0.4 is 0 Å². The van der Waals surface area contributed by atoms with Gasteiger partial charge in [0.25, 0.3) is 11.8 Å². The van der Waals surface area contributed by atoms with Crippen LogP contribution in [0.25, 0.3) is 0 Å². The minimum absolute atomic E-state index is 0.0145. The van der Waals surface area contributed by atoms with Gasteiger partial charge in [0, 0.05) is 23.8 Å². The molecule has 1 heterocycles. The van der Waals surface area contributed by atoms with Crippen molar-refractivity contribution in [2.75, 3.05) is 0 Å². The minimum Gasteiger partial charge on any atom is -0.303 e. The van der Waals surface area contributed by atoms with Gasteiger partial charge in [-0.15, -0.1) is 0 Å². The Kier molecular flexibility index (Phi) is 6.03. The summed E-state index contributed by atoms with van der Waals surface area (Å²) in [7, 11) is 0. The molecule has 2 amide bonds. The Hall–Kier alpha value is -2.23. The molecule has 21 heavy (non-hydrogen) atoms. The molecular weight excluding hydrogens is 266 g/mol. The van der Waals surface area contributed by atoms with Crippen molar-refractivity contribution in [3.63, 3.8) is 0 Å². The molecule has 0 saturated carbocycles. The Morgan fingerprint density at radius 2 is 1.81 bits per heavy atom. The lowest BCUT2D eigenvalue weighted by Gasteiger charge is -2.16. The van der Waals surface area contributed by atoms with Crippen molar-refractivity contribution in [3.8, 4) is 0 Å². The summed E-state index contributed by atoms with van der Waals surface area (Å²) in [5.74, 6) is -0.496. The maximum absolute atomic E-state index is 11.6. The van der Waals surface area contributed by atoms with Crippen LogP contribution in [0.2, 0.25) is 0 Å². The molecule has 0 spiro atoms. The van der Waals surface area contributed by atoms with E-state index in [4.69, 9.17) is 0 Å². The van der Waals surface area contributed by atoms with Gasteiger partial charge in [-0.05, 0) is 30.9 Å². The van der Waals surface area contributed by atoms with E-state index in [0.717, 1.165) is 23.2 Å².